The van der Waals surface area contributed by atoms with E-state index in [-0.39, 0.29) is 12.3 Å². The Kier molecular flexibility index (Phi) is 3.05. The molecule has 2 aliphatic heterocycles. The molecule has 0 radical (unpaired) electrons. The largest absolute Gasteiger partial charge is 0.488 e. The Morgan fingerprint density at radius 1 is 1.30 bits per heavy atom. The smallest absolute Gasteiger partial charge is 0.155 e. The minimum atomic E-state index is -0.00392. The molecule has 3 heterocycles. The Hall–Kier alpha value is -1.66. The maximum Gasteiger partial charge on any atom is 0.155 e. The van der Waals surface area contributed by atoms with Crippen LogP contribution in [0.4, 0.5) is 0 Å². The van der Waals surface area contributed by atoms with E-state index in [2.05, 4.69) is 10.3 Å². The SMILES string of the molecule is c1cc(OCC2CO2)c2nnn(C3CCCCO3)c2c1. The second-order valence-corrected chi connectivity index (χ2v) is 5.25. The van der Waals surface area contributed by atoms with Gasteiger partial charge in [-0.15, -0.1) is 5.10 Å². The molecule has 106 valence electrons. The number of hydrogen-bond acceptors (Lipinski definition) is 5. The molecule has 0 bridgehead atoms. The molecule has 6 heteroatoms. The molecule has 0 saturated carbocycles. The van der Waals surface area contributed by atoms with Crippen molar-refractivity contribution >= 4 is 11.0 Å². The first-order chi connectivity index (χ1) is 9.92. The molecule has 1 aromatic heterocycles. The van der Waals surface area contributed by atoms with Crippen LogP contribution in [0.15, 0.2) is 18.2 Å². The van der Waals surface area contributed by atoms with Gasteiger partial charge in [0.1, 0.15) is 18.5 Å². The van der Waals surface area contributed by atoms with E-state index in [1.54, 1.807) is 0 Å². The molecule has 0 amide bonds. The van der Waals surface area contributed by atoms with Gasteiger partial charge in [-0.3, -0.25) is 0 Å². The summed E-state index contributed by atoms with van der Waals surface area (Å²) >= 11 is 0. The van der Waals surface area contributed by atoms with Gasteiger partial charge in [0.25, 0.3) is 0 Å². The summed E-state index contributed by atoms with van der Waals surface area (Å²) in [5, 5.41) is 8.51. The van der Waals surface area contributed by atoms with E-state index in [0.29, 0.717) is 6.61 Å². The topological polar surface area (TPSA) is 61.7 Å². The van der Waals surface area contributed by atoms with Gasteiger partial charge in [-0.1, -0.05) is 11.3 Å². The lowest BCUT2D eigenvalue weighted by Gasteiger charge is -2.22. The van der Waals surface area contributed by atoms with Crippen LogP contribution in [0.5, 0.6) is 5.75 Å². The van der Waals surface area contributed by atoms with Crippen LogP contribution in [-0.2, 0) is 9.47 Å². The maximum atomic E-state index is 5.78. The molecule has 4 rings (SSSR count). The van der Waals surface area contributed by atoms with Crippen molar-refractivity contribution in [2.75, 3.05) is 19.8 Å². The molecule has 2 atom stereocenters. The second kappa shape index (κ2) is 5.03. The number of ether oxygens (including phenoxy) is 3. The van der Waals surface area contributed by atoms with Gasteiger partial charge in [-0.25, -0.2) is 4.68 Å². The van der Waals surface area contributed by atoms with Gasteiger partial charge in [-0.2, -0.15) is 0 Å². The van der Waals surface area contributed by atoms with E-state index in [0.717, 1.165) is 42.8 Å². The molecule has 2 aromatic rings. The Morgan fingerprint density at radius 3 is 3.05 bits per heavy atom. The average Bonchev–Trinajstić information content (AvgIpc) is 3.23. The minimum Gasteiger partial charge on any atom is -0.488 e. The molecule has 20 heavy (non-hydrogen) atoms. The van der Waals surface area contributed by atoms with Gasteiger partial charge in [0.2, 0.25) is 0 Å². The summed E-state index contributed by atoms with van der Waals surface area (Å²) in [5.74, 6) is 0.764. The van der Waals surface area contributed by atoms with Gasteiger partial charge in [0.15, 0.2) is 11.7 Å². The van der Waals surface area contributed by atoms with E-state index in [1.807, 2.05) is 22.9 Å². The van der Waals surface area contributed by atoms with Crippen molar-refractivity contribution in [2.45, 2.75) is 31.6 Å². The summed E-state index contributed by atoms with van der Waals surface area (Å²) in [7, 11) is 0. The van der Waals surface area contributed by atoms with Crippen molar-refractivity contribution in [3.63, 3.8) is 0 Å². The number of hydrogen-bond donors (Lipinski definition) is 0. The minimum absolute atomic E-state index is 0.00392. The molecule has 1 aromatic carbocycles. The van der Waals surface area contributed by atoms with Crippen molar-refractivity contribution in [3.8, 4) is 5.75 Å². The molecule has 6 nitrogen and oxygen atoms in total. The predicted molar refractivity (Wildman–Crippen MR) is 71.6 cm³/mol. The van der Waals surface area contributed by atoms with E-state index in [9.17, 15) is 0 Å². The van der Waals surface area contributed by atoms with Crippen molar-refractivity contribution in [1.29, 1.82) is 0 Å². The van der Waals surface area contributed by atoms with Crippen molar-refractivity contribution in [2.24, 2.45) is 0 Å². The number of aromatic nitrogens is 3. The third-order valence-electron chi connectivity index (χ3n) is 3.72. The monoisotopic (exact) mass is 275 g/mol. The van der Waals surface area contributed by atoms with Gasteiger partial charge < -0.3 is 14.2 Å². The average molecular weight is 275 g/mol. The molecular formula is C14H17N3O3. The molecule has 0 spiro atoms. The lowest BCUT2D eigenvalue weighted by Crippen LogP contribution is -2.19. The highest BCUT2D eigenvalue weighted by molar-refractivity contribution is 5.81. The zero-order valence-electron chi connectivity index (χ0n) is 11.2. The first-order valence-corrected chi connectivity index (χ1v) is 7.12. The fourth-order valence-corrected chi connectivity index (χ4v) is 2.53. The van der Waals surface area contributed by atoms with Crippen LogP contribution in [0, 0.1) is 0 Å². The molecular weight excluding hydrogens is 258 g/mol. The predicted octanol–water partition coefficient (Wildman–Crippen LogP) is 1.91. The first kappa shape index (κ1) is 12.1. The third kappa shape index (κ3) is 2.25. The molecule has 0 N–H and O–H groups in total. The van der Waals surface area contributed by atoms with Crippen LogP contribution < -0.4 is 4.74 Å². The zero-order chi connectivity index (χ0) is 13.4. The van der Waals surface area contributed by atoms with Gasteiger partial charge >= 0.3 is 0 Å². The van der Waals surface area contributed by atoms with Gasteiger partial charge in [-0.05, 0) is 31.4 Å². The Balaban J connectivity index is 1.63. The lowest BCUT2D eigenvalue weighted by molar-refractivity contribution is -0.0377. The maximum absolute atomic E-state index is 5.78. The van der Waals surface area contributed by atoms with Crippen LogP contribution in [0.1, 0.15) is 25.5 Å². The number of nitrogens with zero attached hydrogens (tertiary/aromatic N) is 3. The highest BCUT2D eigenvalue weighted by Crippen LogP contribution is 2.29. The normalized spacial score (nSPS) is 25.8. The molecule has 2 saturated heterocycles. The number of benzene rings is 1. The summed E-state index contributed by atoms with van der Waals surface area (Å²) in [6.07, 6.45) is 3.51. The summed E-state index contributed by atoms with van der Waals surface area (Å²) in [6.45, 7) is 2.16. The highest BCUT2D eigenvalue weighted by atomic mass is 16.6. The zero-order valence-corrected chi connectivity index (χ0v) is 11.2. The summed E-state index contributed by atoms with van der Waals surface area (Å²) < 4.78 is 18.6. The number of fused-ring (bicyclic) bond motifs is 1. The Labute approximate surface area is 116 Å². The van der Waals surface area contributed by atoms with Crippen LogP contribution in [0.3, 0.4) is 0 Å². The molecule has 0 aliphatic carbocycles. The van der Waals surface area contributed by atoms with E-state index in [1.165, 1.54) is 6.42 Å². The second-order valence-electron chi connectivity index (χ2n) is 5.25. The van der Waals surface area contributed by atoms with Crippen LogP contribution in [-0.4, -0.2) is 40.9 Å². The third-order valence-corrected chi connectivity index (χ3v) is 3.72. The quantitative estimate of drug-likeness (QED) is 0.798. The van der Waals surface area contributed by atoms with Crippen molar-refractivity contribution < 1.29 is 14.2 Å². The molecule has 2 fully saturated rings. The van der Waals surface area contributed by atoms with Crippen LogP contribution in [0.2, 0.25) is 0 Å². The Bertz CT molecular complexity index is 603. The van der Waals surface area contributed by atoms with Gasteiger partial charge in [0.05, 0.1) is 12.1 Å². The van der Waals surface area contributed by atoms with E-state index in [4.69, 9.17) is 14.2 Å². The summed E-state index contributed by atoms with van der Waals surface area (Å²) in [5.41, 5.74) is 1.76. The van der Waals surface area contributed by atoms with E-state index >= 15 is 0 Å². The summed E-state index contributed by atoms with van der Waals surface area (Å²) in [6, 6.07) is 5.90. The van der Waals surface area contributed by atoms with Crippen LogP contribution in [0.25, 0.3) is 11.0 Å². The van der Waals surface area contributed by atoms with Crippen LogP contribution >= 0.6 is 0 Å². The number of epoxide rings is 1. The highest BCUT2D eigenvalue weighted by Gasteiger charge is 2.24. The lowest BCUT2D eigenvalue weighted by atomic mass is 10.2. The summed E-state index contributed by atoms with van der Waals surface area (Å²) in [4.78, 5) is 0. The fraction of sp³-hybridized carbons (Fsp3) is 0.571. The standard InChI is InChI=1S/C14H17N3O3/c1-2-7-18-13(6-1)17-11-4-3-5-12(14(11)15-16-17)20-9-10-8-19-10/h3-5,10,13H,1-2,6-9H2. The van der Waals surface area contributed by atoms with Crippen molar-refractivity contribution in [1.82, 2.24) is 15.0 Å². The number of rotatable bonds is 4. The Morgan fingerprint density at radius 2 is 2.25 bits per heavy atom. The first-order valence-electron chi connectivity index (χ1n) is 7.12. The van der Waals surface area contributed by atoms with Gasteiger partial charge in [0, 0.05) is 6.61 Å². The molecule has 2 aliphatic rings. The fourth-order valence-electron chi connectivity index (χ4n) is 2.53. The molecule has 2 unspecified atom stereocenters. The van der Waals surface area contributed by atoms with Crippen molar-refractivity contribution in [3.05, 3.63) is 18.2 Å². The van der Waals surface area contributed by atoms with E-state index < -0.39 is 0 Å².